The fourth-order valence-corrected chi connectivity index (χ4v) is 0.860. The third kappa shape index (κ3) is 6.26. The molecule has 0 aliphatic carbocycles. The van der Waals surface area contributed by atoms with E-state index >= 15 is 0 Å². The van der Waals surface area contributed by atoms with Gasteiger partial charge in [0.1, 0.15) is 0 Å². The maximum absolute atomic E-state index is 10.2. The summed E-state index contributed by atoms with van der Waals surface area (Å²) < 4.78 is 8.34. The highest BCUT2D eigenvalue weighted by molar-refractivity contribution is 5.57. The van der Waals surface area contributed by atoms with Crippen LogP contribution in [0.3, 0.4) is 0 Å². The first kappa shape index (κ1) is 20.1. The van der Waals surface area contributed by atoms with Gasteiger partial charge in [-0.1, -0.05) is 10.3 Å². The van der Waals surface area contributed by atoms with E-state index in [9.17, 15) is 20.2 Å². The Kier molecular flexibility index (Phi) is 9.05. The molecular formula is C4H8N12O8. The van der Waals surface area contributed by atoms with Gasteiger partial charge in [0.25, 0.3) is 0 Å². The summed E-state index contributed by atoms with van der Waals surface area (Å²) in [6, 6.07) is 0. The van der Waals surface area contributed by atoms with Crippen molar-refractivity contribution in [2.45, 2.75) is 0 Å². The van der Waals surface area contributed by atoms with E-state index in [4.69, 9.17) is 10.4 Å². The Morgan fingerprint density at radius 1 is 0.833 bits per heavy atom. The lowest BCUT2D eigenvalue weighted by molar-refractivity contribution is -0.670. The van der Waals surface area contributed by atoms with Gasteiger partial charge in [0.15, 0.2) is 0 Å². The maximum atomic E-state index is 10.2. The van der Waals surface area contributed by atoms with Gasteiger partial charge in [-0.3, -0.25) is 20.2 Å². The van der Waals surface area contributed by atoms with Crippen LogP contribution >= 0.6 is 0 Å². The molecule has 0 fully saturated rings. The summed E-state index contributed by atoms with van der Waals surface area (Å²) in [5.74, 6) is 2.50. The zero-order valence-electron chi connectivity index (χ0n) is 11.2. The SMILES string of the molecule is O=[N+]([O-])[N-]c1nonc1N=Nc1nonc1[N-][N+](=O)[O-].[NH3+]O.[NH3+]O. The van der Waals surface area contributed by atoms with E-state index in [-0.39, 0.29) is 0 Å². The number of aromatic nitrogens is 4. The van der Waals surface area contributed by atoms with Crippen LogP contribution < -0.4 is 11.8 Å². The molecule has 2 rings (SSSR count). The molecule has 0 unspecified atom stereocenters. The lowest BCUT2D eigenvalue weighted by Crippen LogP contribution is -2.42. The molecule has 2 aromatic rings. The Bertz CT molecular complexity index is 607. The fraction of sp³-hybridized carbons (Fsp3) is 0. The maximum Gasteiger partial charge on any atom is 0.221 e. The van der Waals surface area contributed by atoms with E-state index in [2.05, 4.69) is 62.8 Å². The number of nitrogens with zero attached hydrogens (tertiary/aromatic N) is 10. The van der Waals surface area contributed by atoms with Crippen molar-refractivity contribution in [1.29, 1.82) is 0 Å². The molecule has 8 N–H and O–H groups in total. The van der Waals surface area contributed by atoms with Crippen LogP contribution in [0.1, 0.15) is 0 Å². The Labute approximate surface area is 128 Å². The highest BCUT2D eigenvalue weighted by Crippen LogP contribution is 2.31. The summed E-state index contributed by atoms with van der Waals surface area (Å²) in [6.07, 6.45) is 0. The molecule has 132 valence electrons. The van der Waals surface area contributed by atoms with Crippen molar-refractivity contribution < 1.29 is 41.5 Å². The van der Waals surface area contributed by atoms with Crippen LogP contribution in [-0.4, -0.2) is 41.1 Å². The van der Waals surface area contributed by atoms with Crippen LogP contribution in [0.15, 0.2) is 19.5 Å². The number of hydrogen-bond acceptors (Lipinski definition) is 14. The van der Waals surface area contributed by atoms with Crippen molar-refractivity contribution in [1.82, 2.24) is 20.6 Å². The predicted molar refractivity (Wildman–Crippen MR) is 62.1 cm³/mol. The van der Waals surface area contributed by atoms with Gasteiger partial charge in [0, 0.05) is 0 Å². The average molecular weight is 352 g/mol. The smallest absolute Gasteiger partial charge is 0.221 e. The molecule has 0 amide bonds. The van der Waals surface area contributed by atoms with Gasteiger partial charge in [-0.05, 0) is 0 Å². The topological polar surface area (TPSA) is 313 Å². The number of rotatable bonds is 6. The number of azo groups is 1. The third-order valence-corrected chi connectivity index (χ3v) is 1.50. The quantitative estimate of drug-likeness (QED) is 0.262. The summed E-state index contributed by atoms with van der Waals surface area (Å²) in [5.41, 5.74) is 5.60. The molecule has 0 spiro atoms. The Hall–Kier alpha value is -3.88. The van der Waals surface area contributed by atoms with E-state index in [0.717, 1.165) is 0 Å². The second-order valence-corrected chi connectivity index (χ2v) is 2.70. The van der Waals surface area contributed by atoms with E-state index in [1.54, 1.807) is 0 Å². The van der Waals surface area contributed by atoms with Gasteiger partial charge in [0.05, 0.1) is 21.7 Å². The van der Waals surface area contributed by atoms with Crippen molar-refractivity contribution in [3.63, 3.8) is 0 Å². The molecular weight excluding hydrogens is 344 g/mol. The van der Waals surface area contributed by atoms with E-state index in [0.29, 0.717) is 0 Å². The van der Waals surface area contributed by atoms with E-state index in [1.807, 2.05) is 0 Å². The van der Waals surface area contributed by atoms with Crippen LogP contribution in [0.2, 0.25) is 0 Å². The van der Waals surface area contributed by atoms with Gasteiger partial charge in [0.2, 0.25) is 11.6 Å². The molecule has 0 aromatic carbocycles. The average Bonchev–Trinajstić information content (AvgIpc) is 3.17. The van der Waals surface area contributed by atoms with Crippen molar-refractivity contribution in [3.8, 4) is 0 Å². The minimum absolute atomic E-state index is 0.447. The van der Waals surface area contributed by atoms with Crippen LogP contribution in [0.25, 0.3) is 10.9 Å². The number of quaternary nitrogens is 2. The highest BCUT2D eigenvalue weighted by atomic mass is 16.7. The number of hydrogen-bond donors (Lipinski definition) is 4. The van der Waals surface area contributed by atoms with E-state index < -0.39 is 33.3 Å². The summed E-state index contributed by atoms with van der Waals surface area (Å²) in [5, 5.41) is 50.9. The summed E-state index contributed by atoms with van der Waals surface area (Å²) in [4.78, 5) is 20.3. The van der Waals surface area contributed by atoms with Crippen LogP contribution in [-0.2, 0) is 0 Å². The second kappa shape index (κ2) is 10.8. The molecule has 24 heavy (non-hydrogen) atoms. The summed E-state index contributed by atoms with van der Waals surface area (Å²) >= 11 is 0. The summed E-state index contributed by atoms with van der Waals surface area (Å²) in [6.45, 7) is 0. The van der Waals surface area contributed by atoms with Crippen molar-refractivity contribution in [2.24, 2.45) is 10.2 Å². The standard InChI is InChI=1S/C4N10O6.2H4NO/c15-13(16)7-3-1(9-19-11-3)5-6-2-4(8-14(17)18)12-20-10-2;2*1-2/h;2*2H,1H3/q-2;2*+1. The lowest BCUT2D eigenvalue weighted by Gasteiger charge is -1.97. The van der Waals surface area contributed by atoms with Crippen molar-refractivity contribution >= 4 is 23.3 Å². The minimum atomic E-state index is -1.05. The first-order valence-electron chi connectivity index (χ1n) is 4.98. The van der Waals surface area contributed by atoms with Gasteiger partial charge in [-0.15, -0.1) is 21.1 Å². The van der Waals surface area contributed by atoms with Crippen LogP contribution in [0.5, 0.6) is 0 Å². The normalized spacial score (nSPS) is 9.33. The molecule has 0 saturated heterocycles. The van der Waals surface area contributed by atoms with Gasteiger partial charge >= 0.3 is 0 Å². The predicted octanol–water partition coefficient (Wildman–Crippen LogP) is -1.50. The molecule has 2 heterocycles. The van der Waals surface area contributed by atoms with E-state index in [1.165, 1.54) is 0 Å². The summed E-state index contributed by atoms with van der Waals surface area (Å²) in [7, 11) is 0. The third-order valence-electron chi connectivity index (χ3n) is 1.50. The Morgan fingerprint density at radius 2 is 1.17 bits per heavy atom. The van der Waals surface area contributed by atoms with Gasteiger partial charge in [-0.2, -0.15) is 0 Å². The van der Waals surface area contributed by atoms with Gasteiger partial charge in [-0.25, -0.2) is 32.5 Å². The minimum Gasteiger partial charge on any atom is -0.346 e. The molecule has 20 nitrogen and oxygen atoms in total. The molecule has 20 heteroatoms. The molecule has 0 radical (unpaired) electrons. The van der Waals surface area contributed by atoms with Crippen molar-refractivity contribution in [2.75, 3.05) is 0 Å². The zero-order valence-corrected chi connectivity index (χ0v) is 11.2. The first-order valence-corrected chi connectivity index (χ1v) is 4.98. The molecule has 0 saturated carbocycles. The largest absolute Gasteiger partial charge is 0.346 e. The molecule has 0 bridgehead atoms. The fourth-order valence-electron chi connectivity index (χ4n) is 0.860. The molecule has 0 aliphatic rings. The second-order valence-electron chi connectivity index (χ2n) is 2.70. The Morgan fingerprint density at radius 3 is 1.46 bits per heavy atom. The molecule has 0 aliphatic heterocycles. The monoisotopic (exact) mass is 352 g/mol. The molecule has 0 atom stereocenters. The van der Waals surface area contributed by atoms with Crippen molar-refractivity contribution in [3.05, 3.63) is 31.1 Å². The lowest BCUT2D eigenvalue weighted by atomic mass is 10.6. The van der Waals surface area contributed by atoms with Gasteiger partial charge < -0.3 is 9.26 Å². The number of nitro groups is 2. The van der Waals surface area contributed by atoms with Crippen LogP contribution in [0, 0.1) is 20.2 Å². The molecule has 2 aromatic heterocycles. The first-order chi connectivity index (χ1) is 11.6. The zero-order chi connectivity index (χ0) is 18.5. The van der Waals surface area contributed by atoms with Crippen LogP contribution in [0.4, 0.5) is 23.3 Å². The Balaban J connectivity index is 0.00000123. The highest BCUT2D eigenvalue weighted by Gasteiger charge is 2.08.